The monoisotopic (exact) mass is 396 g/mol. The van der Waals surface area contributed by atoms with Gasteiger partial charge in [0, 0.05) is 29.7 Å². The van der Waals surface area contributed by atoms with Crippen LogP contribution in [0, 0.1) is 6.92 Å². The van der Waals surface area contributed by atoms with Crippen molar-refractivity contribution < 1.29 is 13.5 Å². The summed E-state index contributed by atoms with van der Waals surface area (Å²) in [4.78, 5) is 8.93. The highest BCUT2D eigenvalue weighted by atomic mass is 32.1. The predicted octanol–water partition coefficient (Wildman–Crippen LogP) is 4.13. The molecule has 0 aliphatic carbocycles. The van der Waals surface area contributed by atoms with E-state index in [9.17, 15) is 8.78 Å². The first kappa shape index (κ1) is 21.1. The van der Waals surface area contributed by atoms with Crippen LogP contribution >= 0.6 is 11.3 Å². The molecule has 8 heteroatoms. The summed E-state index contributed by atoms with van der Waals surface area (Å²) in [5.74, 6) is 0.820. The zero-order valence-corrected chi connectivity index (χ0v) is 16.5. The molecule has 0 fully saturated rings. The number of nitrogens with one attached hydrogen (secondary N) is 2. The van der Waals surface area contributed by atoms with Crippen molar-refractivity contribution in [2.45, 2.75) is 46.3 Å². The summed E-state index contributed by atoms with van der Waals surface area (Å²) in [7, 11) is 0. The van der Waals surface area contributed by atoms with Crippen LogP contribution in [0.1, 0.15) is 36.0 Å². The third-order valence-corrected chi connectivity index (χ3v) is 4.74. The Bertz CT molecular complexity index is 721. The van der Waals surface area contributed by atoms with Crippen LogP contribution in [0.5, 0.6) is 5.75 Å². The number of hydrogen-bond acceptors (Lipinski definition) is 4. The molecule has 1 heterocycles. The van der Waals surface area contributed by atoms with Crippen molar-refractivity contribution in [2.24, 2.45) is 4.99 Å². The lowest BCUT2D eigenvalue weighted by Crippen LogP contribution is -2.37. The van der Waals surface area contributed by atoms with Gasteiger partial charge in [-0.05, 0) is 39.2 Å². The predicted molar refractivity (Wildman–Crippen MR) is 106 cm³/mol. The molecule has 2 aromatic rings. The molecule has 0 amide bonds. The van der Waals surface area contributed by atoms with Crippen LogP contribution < -0.4 is 15.4 Å². The average molecular weight is 397 g/mol. The van der Waals surface area contributed by atoms with Crippen LogP contribution in [0.15, 0.2) is 34.6 Å². The number of benzene rings is 1. The molecule has 5 nitrogen and oxygen atoms in total. The number of ether oxygens (including phenoxy) is 1. The summed E-state index contributed by atoms with van der Waals surface area (Å²) < 4.78 is 29.5. The second kappa shape index (κ2) is 11.5. The van der Waals surface area contributed by atoms with Gasteiger partial charge in [0.15, 0.2) is 5.96 Å². The van der Waals surface area contributed by atoms with Gasteiger partial charge in [-0.3, -0.25) is 0 Å². The quantitative estimate of drug-likeness (QED) is 0.360. The van der Waals surface area contributed by atoms with Gasteiger partial charge >= 0.3 is 6.61 Å². The number of rotatable bonds is 10. The van der Waals surface area contributed by atoms with Gasteiger partial charge in [0.1, 0.15) is 5.75 Å². The van der Waals surface area contributed by atoms with E-state index < -0.39 is 6.61 Å². The summed E-state index contributed by atoms with van der Waals surface area (Å²) in [5, 5.41) is 9.68. The molecular weight excluding hydrogens is 370 g/mol. The van der Waals surface area contributed by atoms with E-state index in [0.717, 1.165) is 38.0 Å². The normalized spacial score (nSPS) is 11.7. The number of thiazole rings is 1. The Morgan fingerprint density at radius 3 is 2.78 bits per heavy atom. The van der Waals surface area contributed by atoms with Crippen molar-refractivity contribution in [3.63, 3.8) is 0 Å². The lowest BCUT2D eigenvalue weighted by atomic mass is 10.2. The third kappa shape index (κ3) is 7.90. The fraction of sp³-hybridized carbons (Fsp3) is 0.474. The number of hydrogen-bond donors (Lipinski definition) is 2. The van der Waals surface area contributed by atoms with Gasteiger partial charge in [-0.1, -0.05) is 18.2 Å². The number of nitrogens with zero attached hydrogens (tertiary/aromatic N) is 2. The minimum Gasteiger partial charge on any atom is -0.434 e. The van der Waals surface area contributed by atoms with Crippen molar-refractivity contribution in [1.29, 1.82) is 0 Å². The van der Waals surface area contributed by atoms with Crippen LogP contribution in [-0.4, -0.2) is 30.6 Å². The maximum atomic E-state index is 12.5. The van der Waals surface area contributed by atoms with Crippen LogP contribution in [0.2, 0.25) is 0 Å². The first-order valence-electron chi connectivity index (χ1n) is 9.04. The van der Waals surface area contributed by atoms with Crippen molar-refractivity contribution in [3.05, 3.63) is 45.9 Å². The molecule has 0 aliphatic rings. The van der Waals surface area contributed by atoms with Gasteiger partial charge in [-0.25, -0.2) is 9.98 Å². The number of aliphatic imine (C=N–C) groups is 1. The molecule has 2 N–H and O–H groups in total. The zero-order chi connectivity index (χ0) is 19.5. The van der Waals surface area contributed by atoms with E-state index in [0.29, 0.717) is 11.5 Å². The Morgan fingerprint density at radius 2 is 2.07 bits per heavy atom. The van der Waals surface area contributed by atoms with E-state index in [2.05, 4.69) is 30.7 Å². The molecule has 0 saturated heterocycles. The molecule has 1 aromatic carbocycles. The van der Waals surface area contributed by atoms with Crippen molar-refractivity contribution >= 4 is 17.3 Å². The fourth-order valence-electron chi connectivity index (χ4n) is 2.48. The summed E-state index contributed by atoms with van der Waals surface area (Å²) in [5.41, 5.74) is 1.69. The first-order chi connectivity index (χ1) is 13.1. The highest BCUT2D eigenvalue weighted by Gasteiger charge is 2.09. The molecule has 0 radical (unpaired) electrons. The third-order valence-electron chi connectivity index (χ3n) is 3.72. The SMILES string of the molecule is CCNC(=NCc1ccccc1OC(F)F)NCCCCc1nc(C)cs1. The van der Waals surface area contributed by atoms with E-state index in [1.54, 1.807) is 29.5 Å². The Balaban J connectivity index is 1.81. The van der Waals surface area contributed by atoms with E-state index in [-0.39, 0.29) is 12.3 Å². The van der Waals surface area contributed by atoms with E-state index in [1.807, 2.05) is 13.8 Å². The second-order valence-electron chi connectivity index (χ2n) is 5.95. The average Bonchev–Trinajstić information content (AvgIpc) is 3.05. The number of aromatic nitrogens is 1. The molecule has 0 unspecified atom stereocenters. The topological polar surface area (TPSA) is 58.5 Å². The van der Waals surface area contributed by atoms with Crippen molar-refractivity contribution in [3.8, 4) is 5.75 Å². The standard InChI is InChI=1S/C19H26F2N4OS/c1-3-22-19(23-11-7-6-10-17-25-14(2)13-27-17)24-12-15-8-4-5-9-16(15)26-18(20)21/h4-5,8-9,13,18H,3,6-7,10-12H2,1-2H3,(H2,22,23,24). The van der Waals surface area contributed by atoms with Gasteiger partial charge in [0.05, 0.1) is 11.6 Å². The number of alkyl halides is 2. The van der Waals surface area contributed by atoms with Crippen LogP contribution in [-0.2, 0) is 13.0 Å². The summed E-state index contributed by atoms with van der Waals surface area (Å²) in [6.45, 7) is 2.91. The number of unbranched alkanes of at least 4 members (excludes halogenated alkanes) is 1. The lowest BCUT2D eigenvalue weighted by Gasteiger charge is -2.12. The highest BCUT2D eigenvalue weighted by Crippen LogP contribution is 2.20. The van der Waals surface area contributed by atoms with Gasteiger partial charge in [0.2, 0.25) is 0 Å². The van der Waals surface area contributed by atoms with Crippen LogP contribution in [0.4, 0.5) is 8.78 Å². The molecule has 148 valence electrons. The summed E-state index contributed by atoms with van der Waals surface area (Å²) in [6, 6.07) is 6.71. The lowest BCUT2D eigenvalue weighted by molar-refractivity contribution is -0.0504. The maximum absolute atomic E-state index is 12.5. The molecule has 0 bridgehead atoms. The Labute approximate surface area is 162 Å². The minimum absolute atomic E-state index is 0.158. The van der Waals surface area contributed by atoms with Crippen molar-refractivity contribution in [1.82, 2.24) is 15.6 Å². The smallest absolute Gasteiger partial charge is 0.387 e. The largest absolute Gasteiger partial charge is 0.434 e. The first-order valence-corrected chi connectivity index (χ1v) is 9.92. The molecule has 0 saturated carbocycles. The maximum Gasteiger partial charge on any atom is 0.387 e. The van der Waals surface area contributed by atoms with E-state index >= 15 is 0 Å². The molecule has 0 aliphatic heterocycles. The molecule has 2 rings (SSSR count). The van der Waals surface area contributed by atoms with Crippen molar-refractivity contribution in [2.75, 3.05) is 13.1 Å². The van der Waals surface area contributed by atoms with Gasteiger partial charge < -0.3 is 15.4 Å². The van der Waals surface area contributed by atoms with Crippen LogP contribution in [0.25, 0.3) is 0 Å². The summed E-state index contributed by atoms with van der Waals surface area (Å²) in [6.07, 6.45) is 3.02. The number of halogens is 2. The summed E-state index contributed by atoms with van der Waals surface area (Å²) >= 11 is 1.70. The van der Waals surface area contributed by atoms with E-state index in [1.165, 1.54) is 11.1 Å². The molecule has 0 atom stereocenters. The Kier molecular flexibility index (Phi) is 8.97. The van der Waals surface area contributed by atoms with E-state index in [4.69, 9.17) is 0 Å². The Morgan fingerprint density at radius 1 is 1.26 bits per heavy atom. The Hall–Kier alpha value is -2.22. The number of guanidine groups is 1. The van der Waals surface area contributed by atoms with Gasteiger partial charge in [-0.2, -0.15) is 8.78 Å². The van der Waals surface area contributed by atoms with Crippen LogP contribution in [0.3, 0.4) is 0 Å². The zero-order valence-electron chi connectivity index (χ0n) is 15.7. The molecular formula is C19H26F2N4OS. The number of aryl methyl sites for hydroxylation is 2. The molecule has 27 heavy (non-hydrogen) atoms. The second-order valence-corrected chi connectivity index (χ2v) is 6.89. The van der Waals surface area contributed by atoms with Gasteiger partial charge in [0.25, 0.3) is 0 Å². The minimum atomic E-state index is -2.84. The molecule has 0 spiro atoms. The fourth-order valence-corrected chi connectivity index (χ4v) is 3.30. The molecule has 1 aromatic heterocycles. The van der Waals surface area contributed by atoms with Gasteiger partial charge in [-0.15, -0.1) is 11.3 Å². The highest BCUT2D eigenvalue weighted by molar-refractivity contribution is 7.09. The number of para-hydroxylation sites is 1.